The minimum atomic E-state index is -0.375. The number of aliphatic hydroxyl groups is 2. The molecule has 0 bridgehead atoms. The van der Waals surface area contributed by atoms with E-state index in [4.69, 9.17) is 10.2 Å². The van der Waals surface area contributed by atoms with Crippen LogP contribution in [0.4, 0.5) is 22.7 Å². The van der Waals surface area contributed by atoms with Crippen molar-refractivity contribution >= 4 is 40.6 Å². The van der Waals surface area contributed by atoms with Crippen molar-refractivity contribution in [1.82, 2.24) is 9.62 Å². The van der Waals surface area contributed by atoms with Gasteiger partial charge < -0.3 is 10.2 Å². The van der Waals surface area contributed by atoms with Crippen LogP contribution in [0, 0.1) is 6.07 Å². The number of rotatable bonds is 10. The fourth-order valence-electron chi connectivity index (χ4n) is 6.02. The third kappa shape index (κ3) is 9.44. The fourth-order valence-corrected chi connectivity index (χ4v) is 7.19. The molecule has 0 radical (unpaired) electrons. The van der Waals surface area contributed by atoms with E-state index in [1.54, 1.807) is 13.8 Å². The third-order valence-electron chi connectivity index (χ3n) is 8.54. The van der Waals surface area contributed by atoms with Gasteiger partial charge >= 0.3 is 265 Å². The zero-order valence-electron chi connectivity index (χ0n) is 30.6. The van der Waals surface area contributed by atoms with Crippen LogP contribution in [0.1, 0.15) is 20.3 Å². The first kappa shape index (κ1) is 38.4. The van der Waals surface area contributed by atoms with Gasteiger partial charge in [0.1, 0.15) is 0 Å². The van der Waals surface area contributed by atoms with Crippen LogP contribution in [0.5, 0.6) is 0 Å². The standard InChI is InChI=1S/C33H39B2N6.C5H12O2.Pt/c1-36(2)30-17-9-26(10-18-30)28-13-21-32(22-14-28)40-25-41(35(39(7)8)34(40)38(5)6)33-23-15-29(16-24-33)27-11-19-31(20-12-27)37(3)4;1-4(6)3-5(2)7;/h9-23H,1-8H3;4-7H,3H2,1-2H3;/q-1;;. The van der Waals surface area contributed by atoms with Gasteiger partial charge in [-0.3, -0.25) is 0 Å². The molecule has 5 rings (SSSR count). The summed E-state index contributed by atoms with van der Waals surface area (Å²) in [5.41, 5.74) is 9.40. The zero-order chi connectivity index (χ0) is 36.0. The Kier molecular flexibility index (Phi) is 13.3. The molecule has 1 heterocycles. The van der Waals surface area contributed by atoms with Gasteiger partial charge in [0.2, 0.25) is 0 Å². The molecule has 1 fully saturated rings. The summed E-state index contributed by atoms with van der Waals surface area (Å²) in [4.78, 5) is 13.7. The minimum absolute atomic E-state index is 0.0900. The van der Waals surface area contributed by atoms with E-state index >= 15 is 0 Å². The summed E-state index contributed by atoms with van der Waals surface area (Å²) in [6.45, 7) is 3.51. The second-order valence-electron chi connectivity index (χ2n) is 13.6. The van der Waals surface area contributed by atoms with Crippen molar-refractivity contribution in [2.45, 2.75) is 32.5 Å². The van der Waals surface area contributed by atoms with Gasteiger partial charge in [0.25, 0.3) is 0 Å². The normalized spacial score (nSPS) is 14.3. The van der Waals surface area contributed by atoms with Crippen molar-refractivity contribution < 1.29 is 29.6 Å². The summed E-state index contributed by atoms with van der Waals surface area (Å²) in [5.74, 6) is 0. The van der Waals surface area contributed by atoms with E-state index in [0.717, 1.165) is 15.4 Å². The van der Waals surface area contributed by atoms with Crippen LogP contribution in [0.3, 0.4) is 0 Å². The molecule has 1 aliphatic rings. The number of benzene rings is 4. The predicted octanol–water partition coefficient (Wildman–Crippen LogP) is 5.23. The van der Waals surface area contributed by atoms with Gasteiger partial charge in [-0.1, -0.05) is 0 Å². The van der Waals surface area contributed by atoms with E-state index in [0.29, 0.717) is 6.42 Å². The third-order valence-corrected chi connectivity index (χ3v) is 9.63. The molecule has 262 valence electrons. The quantitative estimate of drug-likeness (QED) is 0.167. The van der Waals surface area contributed by atoms with Crippen molar-refractivity contribution in [1.29, 1.82) is 0 Å². The van der Waals surface area contributed by atoms with Gasteiger partial charge in [0, 0.05) is 0 Å². The topological polar surface area (TPSA) is 59.9 Å². The molecular weight excluding hydrogens is 789 g/mol. The van der Waals surface area contributed by atoms with Crippen LogP contribution in [0.25, 0.3) is 22.3 Å². The second kappa shape index (κ2) is 17.0. The molecule has 4 aromatic carbocycles. The fraction of sp³-hybridized carbons (Fsp3) is 0.342. The zero-order valence-corrected chi connectivity index (χ0v) is 32.8. The van der Waals surface area contributed by atoms with Crippen molar-refractivity contribution in [2.75, 3.05) is 75.8 Å². The number of anilines is 4. The molecular formula is C38H51B2N6O2Pt-. The maximum absolute atomic E-state index is 8.56. The van der Waals surface area contributed by atoms with Crippen LogP contribution in [0.15, 0.2) is 91.0 Å². The first-order valence-electron chi connectivity index (χ1n) is 16.6. The number of nitrogens with zero attached hydrogens (tertiary/aromatic N) is 6. The summed E-state index contributed by atoms with van der Waals surface area (Å²) in [6.07, 6.45) is -0.278. The SMILES string of the molecule is CC(O)CC(C)O.CN(C)B1B(N(C)C)N(c2ccc(-c3ccc(N(C)C)cc3)cc2)[C](=[Pt])N1c1[c-]cc(-c2ccc(N(C)C)cc2)cc1. The van der Waals surface area contributed by atoms with Crippen LogP contribution in [-0.4, -0.2) is 106 Å². The molecule has 1 aliphatic heterocycles. The molecule has 49 heavy (non-hydrogen) atoms. The van der Waals surface area contributed by atoms with Gasteiger partial charge in [0.15, 0.2) is 0 Å². The first-order chi connectivity index (χ1) is 23.2. The molecule has 0 aliphatic carbocycles. The molecule has 2 atom stereocenters. The van der Waals surface area contributed by atoms with Crippen LogP contribution in [0.2, 0.25) is 0 Å². The van der Waals surface area contributed by atoms with E-state index < -0.39 is 0 Å². The second-order valence-corrected chi connectivity index (χ2v) is 14.6. The van der Waals surface area contributed by atoms with Crippen molar-refractivity contribution in [2.24, 2.45) is 0 Å². The Labute approximate surface area is 306 Å². The average Bonchev–Trinajstić information content (AvgIpc) is 3.38. The number of hydrogen-bond donors (Lipinski definition) is 2. The Bertz CT molecular complexity index is 1510. The Balaban J connectivity index is 0.000000698. The molecule has 2 N–H and O–H groups in total. The van der Waals surface area contributed by atoms with E-state index in [1.807, 2.05) is 0 Å². The Morgan fingerprint density at radius 1 is 0.592 bits per heavy atom. The molecule has 0 aromatic heterocycles. The monoisotopic (exact) mass is 840 g/mol. The Morgan fingerprint density at radius 3 is 1.33 bits per heavy atom. The molecule has 1 saturated heterocycles. The summed E-state index contributed by atoms with van der Waals surface area (Å²) >= 11 is 2.48. The molecule has 2 unspecified atom stereocenters. The van der Waals surface area contributed by atoms with Crippen LogP contribution >= 0.6 is 0 Å². The summed E-state index contributed by atoms with van der Waals surface area (Å²) in [5, 5.41) is 17.1. The Morgan fingerprint density at radius 2 is 0.980 bits per heavy atom. The molecule has 4 aromatic rings. The van der Waals surface area contributed by atoms with E-state index in [1.165, 1.54) is 33.8 Å². The van der Waals surface area contributed by atoms with Gasteiger partial charge in [-0.2, -0.15) is 0 Å². The van der Waals surface area contributed by atoms with Gasteiger partial charge in [0.05, 0.1) is 12.2 Å². The summed E-state index contributed by atoms with van der Waals surface area (Å²) in [7, 11) is 16.9. The van der Waals surface area contributed by atoms with Crippen molar-refractivity contribution in [3.63, 3.8) is 0 Å². The van der Waals surface area contributed by atoms with E-state index in [2.05, 4.69) is 202 Å². The molecule has 0 saturated carbocycles. The number of aliphatic hydroxyl groups excluding tert-OH is 2. The van der Waals surface area contributed by atoms with Gasteiger partial charge in [-0.05, 0) is 20.3 Å². The molecule has 0 amide bonds. The van der Waals surface area contributed by atoms with E-state index in [9.17, 15) is 0 Å². The van der Waals surface area contributed by atoms with Crippen LogP contribution in [-0.2, 0) is 19.4 Å². The molecule has 0 spiro atoms. The van der Waals surface area contributed by atoms with Crippen molar-refractivity contribution in [3.05, 3.63) is 97.1 Å². The van der Waals surface area contributed by atoms with Crippen molar-refractivity contribution in [3.8, 4) is 22.3 Å². The van der Waals surface area contributed by atoms with Crippen LogP contribution < -0.4 is 19.4 Å². The summed E-state index contributed by atoms with van der Waals surface area (Å²) in [6, 6.07) is 36.5. The average molecular weight is 841 g/mol. The van der Waals surface area contributed by atoms with Gasteiger partial charge in [-0.15, -0.1) is 0 Å². The Hall–Kier alpha value is -3.39. The summed E-state index contributed by atoms with van der Waals surface area (Å²) < 4.78 is 1.15. The number of hydrogen-bond acceptors (Lipinski definition) is 8. The molecule has 11 heteroatoms. The molecule has 8 nitrogen and oxygen atoms in total. The maximum atomic E-state index is 8.56. The van der Waals surface area contributed by atoms with E-state index in [-0.39, 0.29) is 26.0 Å². The first-order valence-corrected chi connectivity index (χ1v) is 17.8. The van der Waals surface area contributed by atoms with Gasteiger partial charge in [-0.25, -0.2) is 0 Å². The predicted molar refractivity (Wildman–Crippen MR) is 208 cm³/mol.